The van der Waals surface area contributed by atoms with Crippen LogP contribution in [0.15, 0.2) is 30.3 Å². The summed E-state index contributed by atoms with van der Waals surface area (Å²) in [4.78, 5) is 11.5. The van der Waals surface area contributed by atoms with Crippen molar-refractivity contribution < 1.29 is 23.0 Å². The van der Waals surface area contributed by atoms with Gasteiger partial charge in [-0.2, -0.15) is 0 Å². The second-order valence-corrected chi connectivity index (χ2v) is 5.40. The monoisotopic (exact) mass is 334 g/mol. The lowest BCUT2D eigenvalue weighted by Gasteiger charge is -2.14. The van der Waals surface area contributed by atoms with E-state index in [0.717, 1.165) is 5.56 Å². The Balaban J connectivity index is 2.26. The minimum absolute atomic E-state index is 0.118. The molecule has 0 aliphatic carbocycles. The van der Waals surface area contributed by atoms with Gasteiger partial charge >= 0.3 is 5.97 Å². The Hall–Kier alpha value is -2.43. The molecule has 0 amide bonds. The van der Waals surface area contributed by atoms with Gasteiger partial charge in [0.15, 0.2) is 0 Å². The van der Waals surface area contributed by atoms with E-state index in [1.165, 1.54) is 24.3 Å². The van der Waals surface area contributed by atoms with Crippen LogP contribution in [0, 0.1) is 18.6 Å². The van der Waals surface area contributed by atoms with Crippen LogP contribution in [-0.2, 0) is 17.8 Å². The summed E-state index contributed by atoms with van der Waals surface area (Å²) in [5.41, 5.74) is 1.49. The molecule has 2 rings (SSSR count). The van der Waals surface area contributed by atoms with E-state index in [1.807, 2.05) is 6.92 Å². The van der Waals surface area contributed by atoms with Crippen LogP contribution in [-0.4, -0.2) is 5.97 Å². The number of ether oxygens (including phenoxy) is 2. The summed E-state index contributed by atoms with van der Waals surface area (Å²) in [6.45, 7) is 5.10. The van der Waals surface area contributed by atoms with E-state index in [9.17, 15) is 13.6 Å². The van der Waals surface area contributed by atoms with Crippen molar-refractivity contribution in [2.45, 2.75) is 40.2 Å². The number of carbonyl (C=O) groups is 1. The molecule has 3 nitrogen and oxygen atoms in total. The first-order valence-corrected chi connectivity index (χ1v) is 7.86. The number of benzene rings is 2. The maximum atomic E-state index is 14.1. The Morgan fingerprint density at radius 3 is 2.50 bits per heavy atom. The van der Waals surface area contributed by atoms with Gasteiger partial charge in [0, 0.05) is 12.5 Å². The summed E-state index contributed by atoms with van der Waals surface area (Å²) in [6.07, 6.45) is 0.839. The topological polar surface area (TPSA) is 35.5 Å². The highest BCUT2D eigenvalue weighted by Gasteiger charge is 2.15. The molecule has 0 bridgehead atoms. The average Bonchev–Trinajstić information content (AvgIpc) is 2.56. The predicted molar refractivity (Wildman–Crippen MR) is 87.2 cm³/mol. The van der Waals surface area contributed by atoms with Gasteiger partial charge in [-0.3, -0.25) is 4.79 Å². The third-order valence-corrected chi connectivity index (χ3v) is 3.68. The summed E-state index contributed by atoms with van der Waals surface area (Å²) in [7, 11) is 0. The van der Waals surface area contributed by atoms with Crippen molar-refractivity contribution in [1.82, 2.24) is 0 Å². The lowest BCUT2D eigenvalue weighted by atomic mass is 10.1. The van der Waals surface area contributed by atoms with Gasteiger partial charge in [0.05, 0.1) is 5.56 Å². The van der Waals surface area contributed by atoms with Crippen molar-refractivity contribution >= 4 is 5.97 Å². The van der Waals surface area contributed by atoms with Crippen LogP contribution in [0.5, 0.6) is 11.5 Å². The zero-order valence-electron chi connectivity index (χ0n) is 14.0. The highest BCUT2D eigenvalue weighted by atomic mass is 19.1. The molecule has 0 aromatic heterocycles. The van der Waals surface area contributed by atoms with Crippen LogP contribution < -0.4 is 9.47 Å². The van der Waals surface area contributed by atoms with Crippen LogP contribution in [0.4, 0.5) is 8.78 Å². The molecule has 2 aromatic rings. The summed E-state index contributed by atoms with van der Waals surface area (Å²) >= 11 is 0. The normalized spacial score (nSPS) is 10.5. The molecule has 0 saturated carbocycles. The first-order valence-electron chi connectivity index (χ1n) is 7.86. The molecule has 0 aliphatic heterocycles. The van der Waals surface area contributed by atoms with Gasteiger partial charge in [-0.1, -0.05) is 19.9 Å². The van der Waals surface area contributed by atoms with Gasteiger partial charge in [0.2, 0.25) is 0 Å². The fraction of sp³-hybridized carbons (Fsp3) is 0.316. The molecule has 0 heterocycles. The van der Waals surface area contributed by atoms with E-state index < -0.39 is 11.8 Å². The van der Waals surface area contributed by atoms with Crippen molar-refractivity contribution in [3.63, 3.8) is 0 Å². The minimum Gasteiger partial charge on any atom is -0.488 e. The number of aryl methyl sites for hydroxylation is 2. The fourth-order valence-corrected chi connectivity index (χ4v) is 2.25. The highest BCUT2D eigenvalue weighted by Crippen LogP contribution is 2.27. The largest absolute Gasteiger partial charge is 0.488 e. The summed E-state index contributed by atoms with van der Waals surface area (Å²) < 4.78 is 38.6. The van der Waals surface area contributed by atoms with Crippen LogP contribution >= 0.6 is 0 Å². The Labute approximate surface area is 140 Å². The molecule has 0 saturated heterocycles. The fourth-order valence-electron chi connectivity index (χ4n) is 2.25. The van der Waals surface area contributed by atoms with Crippen LogP contribution in [0.25, 0.3) is 0 Å². The number of carbonyl (C=O) groups excluding carboxylic acids is 1. The highest BCUT2D eigenvalue weighted by molar-refractivity contribution is 5.72. The van der Waals surface area contributed by atoms with Gasteiger partial charge in [0.1, 0.15) is 29.7 Å². The molecule has 5 heteroatoms. The Kier molecular flexibility index (Phi) is 5.90. The zero-order chi connectivity index (χ0) is 17.7. The summed E-state index contributed by atoms with van der Waals surface area (Å²) in [6, 6.07) is 7.24. The van der Waals surface area contributed by atoms with Crippen LogP contribution in [0.2, 0.25) is 0 Å². The molecule has 2 aromatic carbocycles. The molecule has 0 fully saturated rings. The van der Waals surface area contributed by atoms with E-state index in [-0.39, 0.29) is 30.2 Å². The van der Waals surface area contributed by atoms with E-state index >= 15 is 0 Å². The SMILES string of the molecule is CCC(=O)Oc1cccc(F)c1COc1cc(F)c(C)cc1CC. The standard InChI is InChI=1S/C19H20F2O3/c1-4-13-9-12(3)16(21)10-18(13)23-11-14-15(20)7-6-8-17(14)24-19(22)5-2/h6-10H,4-5,11H2,1-3H3. The molecular weight excluding hydrogens is 314 g/mol. The van der Waals surface area contributed by atoms with Crippen LogP contribution in [0.3, 0.4) is 0 Å². The summed E-state index contributed by atoms with van der Waals surface area (Å²) in [5.74, 6) is -0.906. The van der Waals surface area contributed by atoms with Gasteiger partial charge in [-0.15, -0.1) is 0 Å². The third kappa shape index (κ3) is 4.10. The smallest absolute Gasteiger partial charge is 0.310 e. The number of hydrogen-bond acceptors (Lipinski definition) is 3. The van der Waals surface area contributed by atoms with E-state index in [1.54, 1.807) is 19.9 Å². The summed E-state index contributed by atoms with van der Waals surface area (Å²) in [5, 5.41) is 0. The van der Waals surface area contributed by atoms with Gasteiger partial charge in [-0.25, -0.2) is 8.78 Å². The Morgan fingerprint density at radius 2 is 1.83 bits per heavy atom. The van der Waals surface area contributed by atoms with Gasteiger partial charge in [0.25, 0.3) is 0 Å². The third-order valence-electron chi connectivity index (χ3n) is 3.68. The second-order valence-electron chi connectivity index (χ2n) is 5.40. The number of halogens is 2. The second kappa shape index (κ2) is 7.90. The zero-order valence-corrected chi connectivity index (χ0v) is 14.0. The lowest BCUT2D eigenvalue weighted by molar-refractivity contribution is -0.134. The molecule has 24 heavy (non-hydrogen) atoms. The number of esters is 1. The lowest BCUT2D eigenvalue weighted by Crippen LogP contribution is -2.10. The molecule has 0 N–H and O–H groups in total. The van der Waals surface area contributed by atoms with E-state index in [0.29, 0.717) is 17.7 Å². The maximum Gasteiger partial charge on any atom is 0.310 e. The van der Waals surface area contributed by atoms with Crippen LogP contribution in [0.1, 0.15) is 37.0 Å². The molecule has 128 valence electrons. The van der Waals surface area contributed by atoms with Crippen molar-refractivity contribution in [2.24, 2.45) is 0 Å². The first-order chi connectivity index (χ1) is 11.5. The Morgan fingerprint density at radius 1 is 1.08 bits per heavy atom. The van der Waals surface area contributed by atoms with Crippen molar-refractivity contribution in [1.29, 1.82) is 0 Å². The number of rotatable bonds is 6. The maximum absolute atomic E-state index is 14.1. The van der Waals surface area contributed by atoms with Crippen molar-refractivity contribution in [3.05, 3.63) is 58.7 Å². The quantitative estimate of drug-likeness (QED) is 0.566. The molecule has 0 radical (unpaired) electrons. The van der Waals surface area contributed by atoms with E-state index in [4.69, 9.17) is 9.47 Å². The van der Waals surface area contributed by atoms with E-state index in [2.05, 4.69) is 0 Å². The predicted octanol–water partition coefficient (Wildman–Crippen LogP) is 4.73. The molecule has 0 aliphatic rings. The number of hydrogen-bond donors (Lipinski definition) is 0. The molecular formula is C19H20F2O3. The Bertz CT molecular complexity index is 742. The minimum atomic E-state index is -0.540. The van der Waals surface area contributed by atoms with Gasteiger partial charge < -0.3 is 9.47 Å². The molecule has 0 unspecified atom stereocenters. The first kappa shape index (κ1) is 17.9. The van der Waals surface area contributed by atoms with Crippen molar-refractivity contribution in [3.8, 4) is 11.5 Å². The molecule has 0 atom stereocenters. The van der Waals surface area contributed by atoms with Gasteiger partial charge in [-0.05, 0) is 42.7 Å². The van der Waals surface area contributed by atoms with Crippen molar-refractivity contribution in [2.75, 3.05) is 0 Å². The molecule has 0 spiro atoms. The average molecular weight is 334 g/mol.